The smallest absolute Gasteiger partial charge is 0.182 e. The van der Waals surface area contributed by atoms with Crippen molar-refractivity contribution in [2.45, 2.75) is 13.5 Å². The zero-order valence-corrected chi connectivity index (χ0v) is 8.91. The van der Waals surface area contributed by atoms with Crippen molar-refractivity contribution in [3.05, 3.63) is 33.5 Å². The Morgan fingerprint density at radius 1 is 1.38 bits per heavy atom. The minimum absolute atomic E-state index is 0.886. The van der Waals surface area contributed by atoms with Gasteiger partial charge in [0.05, 0.1) is 6.54 Å². The molecule has 13 heavy (non-hydrogen) atoms. The van der Waals surface area contributed by atoms with Gasteiger partial charge < -0.3 is 5.32 Å². The van der Waals surface area contributed by atoms with Crippen LogP contribution in [-0.4, -0.2) is 4.98 Å². The topological polar surface area (TPSA) is 24.9 Å². The molecule has 2 aromatic rings. The molecule has 0 amide bonds. The molecule has 4 heteroatoms. The number of anilines is 1. The maximum Gasteiger partial charge on any atom is 0.182 e. The summed E-state index contributed by atoms with van der Waals surface area (Å²) in [5.41, 5.74) is 1.36. The van der Waals surface area contributed by atoms with Gasteiger partial charge in [0, 0.05) is 16.5 Å². The fraction of sp³-hybridized carbons (Fsp3) is 0.222. The molecular formula is C9H10N2S2. The van der Waals surface area contributed by atoms with Gasteiger partial charge in [-0.1, -0.05) is 0 Å². The number of aromatic nitrogens is 1. The Hall–Kier alpha value is -0.870. The van der Waals surface area contributed by atoms with E-state index in [1.807, 2.05) is 11.6 Å². The standard InChI is InChI=1S/C9H10N2S2/c1-7-2-4-12-8(7)6-11-9-10-3-5-13-9/h2-5H,6H2,1H3,(H,10,11). The van der Waals surface area contributed by atoms with Crippen molar-refractivity contribution in [2.75, 3.05) is 5.32 Å². The predicted molar refractivity (Wildman–Crippen MR) is 58.5 cm³/mol. The average molecular weight is 210 g/mol. The molecule has 2 heterocycles. The first kappa shape index (κ1) is 8.72. The summed E-state index contributed by atoms with van der Waals surface area (Å²) in [6, 6.07) is 2.14. The number of thiophene rings is 1. The Morgan fingerprint density at radius 3 is 2.92 bits per heavy atom. The molecule has 0 atom stereocenters. The SMILES string of the molecule is Cc1ccsc1CNc1nccs1. The minimum atomic E-state index is 0.886. The van der Waals surface area contributed by atoms with Crippen LogP contribution in [0.2, 0.25) is 0 Å². The molecule has 0 aromatic carbocycles. The largest absolute Gasteiger partial charge is 0.357 e. The van der Waals surface area contributed by atoms with E-state index in [-0.39, 0.29) is 0 Å². The lowest BCUT2D eigenvalue weighted by atomic mass is 10.3. The molecule has 0 bridgehead atoms. The van der Waals surface area contributed by atoms with Crippen LogP contribution in [0.4, 0.5) is 5.13 Å². The van der Waals surface area contributed by atoms with Crippen LogP contribution in [0.3, 0.4) is 0 Å². The Balaban J connectivity index is 1.97. The molecule has 2 aromatic heterocycles. The monoisotopic (exact) mass is 210 g/mol. The van der Waals surface area contributed by atoms with Gasteiger partial charge in [-0.2, -0.15) is 0 Å². The summed E-state index contributed by atoms with van der Waals surface area (Å²) in [6.07, 6.45) is 1.81. The first-order valence-electron chi connectivity index (χ1n) is 4.02. The average Bonchev–Trinajstić information content (AvgIpc) is 2.72. The third-order valence-corrected chi connectivity index (χ3v) is 3.55. The van der Waals surface area contributed by atoms with Crippen LogP contribution < -0.4 is 5.32 Å². The molecule has 2 nitrogen and oxygen atoms in total. The summed E-state index contributed by atoms with van der Waals surface area (Å²) in [7, 11) is 0. The molecule has 0 saturated carbocycles. The molecule has 0 aliphatic heterocycles. The molecule has 0 radical (unpaired) electrons. The van der Waals surface area contributed by atoms with Crippen molar-refractivity contribution in [3.63, 3.8) is 0 Å². The lowest BCUT2D eigenvalue weighted by Gasteiger charge is -2.00. The van der Waals surface area contributed by atoms with E-state index in [0.717, 1.165) is 11.7 Å². The van der Waals surface area contributed by atoms with Crippen molar-refractivity contribution in [3.8, 4) is 0 Å². The number of hydrogen-bond donors (Lipinski definition) is 1. The van der Waals surface area contributed by atoms with Crippen molar-refractivity contribution < 1.29 is 0 Å². The summed E-state index contributed by atoms with van der Waals surface area (Å²) in [5.74, 6) is 0. The number of rotatable bonds is 3. The highest BCUT2D eigenvalue weighted by Gasteiger charge is 1.99. The van der Waals surface area contributed by atoms with Gasteiger partial charge in [0.15, 0.2) is 5.13 Å². The van der Waals surface area contributed by atoms with Crippen LogP contribution in [0.25, 0.3) is 0 Å². The quantitative estimate of drug-likeness (QED) is 0.842. The van der Waals surface area contributed by atoms with Gasteiger partial charge >= 0.3 is 0 Å². The normalized spacial score (nSPS) is 10.2. The first-order valence-corrected chi connectivity index (χ1v) is 5.78. The Labute approximate surface area is 85.3 Å². The highest BCUT2D eigenvalue weighted by atomic mass is 32.1. The predicted octanol–water partition coefficient (Wildman–Crippen LogP) is 3.13. The fourth-order valence-corrected chi connectivity index (χ4v) is 2.43. The second-order valence-electron chi connectivity index (χ2n) is 2.72. The van der Waals surface area contributed by atoms with E-state index < -0.39 is 0 Å². The van der Waals surface area contributed by atoms with Gasteiger partial charge in [-0.25, -0.2) is 4.98 Å². The lowest BCUT2D eigenvalue weighted by molar-refractivity contribution is 1.15. The second-order valence-corrected chi connectivity index (χ2v) is 4.61. The van der Waals surface area contributed by atoms with Crippen LogP contribution in [0.5, 0.6) is 0 Å². The molecule has 0 spiro atoms. The molecular weight excluding hydrogens is 200 g/mol. The molecule has 0 saturated heterocycles. The van der Waals surface area contributed by atoms with Gasteiger partial charge in [-0.15, -0.1) is 22.7 Å². The highest BCUT2D eigenvalue weighted by Crippen LogP contribution is 2.18. The molecule has 0 fully saturated rings. The molecule has 0 aliphatic carbocycles. The van der Waals surface area contributed by atoms with Gasteiger partial charge in [0.25, 0.3) is 0 Å². The van der Waals surface area contributed by atoms with E-state index >= 15 is 0 Å². The van der Waals surface area contributed by atoms with E-state index in [1.165, 1.54) is 10.4 Å². The van der Waals surface area contributed by atoms with E-state index in [9.17, 15) is 0 Å². The third-order valence-electron chi connectivity index (χ3n) is 1.80. The number of nitrogens with zero attached hydrogens (tertiary/aromatic N) is 1. The summed E-state index contributed by atoms with van der Waals surface area (Å²) in [6.45, 7) is 3.02. The lowest BCUT2D eigenvalue weighted by Crippen LogP contribution is -1.97. The first-order chi connectivity index (χ1) is 6.36. The van der Waals surface area contributed by atoms with Crippen molar-refractivity contribution >= 4 is 27.8 Å². The molecule has 0 unspecified atom stereocenters. The summed E-state index contributed by atoms with van der Waals surface area (Å²) in [4.78, 5) is 5.54. The third kappa shape index (κ3) is 2.08. The van der Waals surface area contributed by atoms with E-state index in [4.69, 9.17) is 0 Å². The Morgan fingerprint density at radius 2 is 2.31 bits per heavy atom. The van der Waals surface area contributed by atoms with Crippen LogP contribution in [-0.2, 0) is 6.54 Å². The summed E-state index contributed by atoms with van der Waals surface area (Å²) >= 11 is 3.42. The van der Waals surface area contributed by atoms with Gasteiger partial charge in [-0.3, -0.25) is 0 Å². The molecule has 68 valence electrons. The van der Waals surface area contributed by atoms with Crippen LogP contribution in [0.15, 0.2) is 23.0 Å². The van der Waals surface area contributed by atoms with Crippen LogP contribution in [0.1, 0.15) is 10.4 Å². The highest BCUT2D eigenvalue weighted by molar-refractivity contribution is 7.13. The number of aryl methyl sites for hydroxylation is 1. The maximum absolute atomic E-state index is 4.16. The van der Waals surface area contributed by atoms with Crippen molar-refractivity contribution in [1.82, 2.24) is 4.98 Å². The van der Waals surface area contributed by atoms with Gasteiger partial charge in [0.2, 0.25) is 0 Å². The molecule has 2 rings (SSSR count). The molecule has 1 N–H and O–H groups in total. The van der Waals surface area contributed by atoms with Gasteiger partial charge in [-0.05, 0) is 23.9 Å². The van der Waals surface area contributed by atoms with Crippen LogP contribution >= 0.6 is 22.7 Å². The second kappa shape index (κ2) is 3.89. The summed E-state index contributed by atoms with van der Waals surface area (Å²) in [5, 5.41) is 8.37. The van der Waals surface area contributed by atoms with E-state index in [0.29, 0.717) is 0 Å². The minimum Gasteiger partial charge on any atom is -0.357 e. The Bertz CT molecular complexity index is 365. The molecule has 0 aliphatic rings. The number of hydrogen-bond acceptors (Lipinski definition) is 4. The fourth-order valence-electron chi connectivity index (χ4n) is 1.05. The van der Waals surface area contributed by atoms with Crippen molar-refractivity contribution in [1.29, 1.82) is 0 Å². The zero-order valence-electron chi connectivity index (χ0n) is 7.28. The van der Waals surface area contributed by atoms with E-state index in [1.54, 1.807) is 22.7 Å². The van der Waals surface area contributed by atoms with E-state index in [2.05, 4.69) is 28.7 Å². The maximum atomic E-state index is 4.16. The number of nitrogens with one attached hydrogen (secondary N) is 1. The zero-order chi connectivity index (χ0) is 9.10. The Kier molecular flexibility index (Phi) is 2.61. The van der Waals surface area contributed by atoms with Crippen molar-refractivity contribution in [2.24, 2.45) is 0 Å². The summed E-state index contributed by atoms with van der Waals surface area (Å²) < 4.78 is 0. The number of thiazole rings is 1. The van der Waals surface area contributed by atoms with Crippen LogP contribution in [0, 0.1) is 6.92 Å². The van der Waals surface area contributed by atoms with Gasteiger partial charge in [0.1, 0.15) is 0 Å².